The second-order valence-corrected chi connectivity index (χ2v) is 7.61. The molecule has 1 aliphatic heterocycles. The summed E-state index contributed by atoms with van der Waals surface area (Å²) in [5, 5.41) is 3.57. The number of carbonyl (C=O) groups is 1. The number of hydrogen-bond donors (Lipinski definition) is 2. The molecule has 3 aromatic rings. The number of nitrogens with one attached hydrogen (secondary N) is 2. The van der Waals surface area contributed by atoms with E-state index in [-0.39, 0.29) is 17.7 Å². The van der Waals surface area contributed by atoms with Gasteiger partial charge in [-0.2, -0.15) is 0 Å². The molecule has 2 heterocycles. The van der Waals surface area contributed by atoms with Crippen LogP contribution in [0.3, 0.4) is 0 Å². The number of hydrogen-bond acceptors (Lipinski definition) is 5. The number of benzene rings is 2. The van der Waals surface area contributed by atoms with Gasteiger partial charge in [0.05, 0.1) is 23.6 Å². The monoisotopic (exact) mass is 421 g/mol. The molecule has 0 aliphatic carbocycles. The van der Waals surface area contributed by atoms with E-state index in [1.165, 1.54) is 0 Å². The fourth-order valence-corrected chi connectivity index (χ4v) is 3.83. The molecule has 8 heteroatoms. The topological polar surface area (TPSA) is 90.6 Å². The fourth-order valence-electron chi connectivity index (χ4n) is 3.83. The summed E-state index contributed by atoms with van der Waals surface area (Å²) in [7, 11) is 1.65. The highest BCUT2D eigenvalue weighted by Crippen LogP contribution is 2.15. The van der Waals surface area contributed by atoms with Crippen molar-refractivity contribution in [1.29, 1.82) is 0 Å². The van der Waals surface area contributed by atoms with Crippen LogP contribution in [0.2, 0.25) is 0 Å². The first-order chi connectivity index (χ1) is 15.1. The van der Waals surface area contributed by atoms with Gasteiger partial charge in [0.25, 0.3) is 5.56 Å². The lowest BCUT2D eigenvalue weighted by atomic mass is 10.1. The molecule has 2 N–H and O–H groups in total. The first kappa shape index (κ1) is 21.0. The summed E-state index contributed by atoms with van der Waals surface area (Å²) < 4.78 is 5.52. The van der Waals surface area contributed by atoms with Gasteiger partial charge in [-0.15, -0.1) is 0 Å². The third kappa shape index (κ3) is 5.10. The van der Waals surface area contributed by atoms with Crippen LogP contribution in [0, 0.1) is 0 Å². The van der Waals surface area contributed by atoms with Crippen molar-refractivity contribution in [3.8, 4) is 0 Å². The van der Waals surface area contributed by atoms with E-state index in [0.717, 1.165) is 18.7 Å². The van der Waals surface area contributed by atoms with Crippen LogP contribution in [0.1, 0.15) is 17.5 Å². The second-order valence-electron chi connectivity index (χ2n) is 7.61. The molecule has 31 heavy (non-hydrogen) atoms. The number of para-hydroxylation sites is 1. The normalized spacial score (nSPS) is 15.7. The molecule has 0 saturated carbocycles. The number of rotatable bonds is 6. The summed E-state index contributed by atoms with van der Waals surface area (Å²) in [5.41, 5.74) is 1.61. The minimum atomic E-state index is -0.178. The van der Waals surface area contributed by atoms with Crippen LogP contribution in [-0.4, -0.2) is 65.6 Å². The van der Waals surface area contributed by atoms with E-state index in [9.17, 15) is 9.59 Å². The van der Waals surface area contributed by atoms with Gasteiger partial charge >= 0.3 is 6.03 Å². The predicted molar refractivity (Wildman–Crippen MR) is 119 cm³/mol. The fraction of sp³-hybridized carbons (Fsp3) is 0.348. The number of urea groups is 1. The standard InChI is InChI=1S/C23H27N5O3/c1-31-20(17-7-3-2-4-8-17)15-24-23(30)28-13-11-27(12-14-28)16-21-25-19-10-6-5-9-18(19)22(29)26-21/h2-10,20H,11-16H2,1H3,(H,24,30)(H,25,26,29). The third-order valence-electron chi connectivity index (χ3n) is 5.59. The Labute approximate surface area is 180 Å². The van der Waals surface area contributed by atoms with Crippen molar-refractivity contribution in [2.75, 3.05) is 39.8 Å². The van der Waals surface area contributed by atoms with Crippen LogP contribution in [0.4, 0.5) is 4.79 Å². The summed E-state index contributed by atoms with van der Waals surface area (Å²) in [6, 6.07) is 17.1. The number of methoxy groups -OCH3 is 1. The highest BCUT2D eigenvalue weighted by Gasteiger charge is 2.22. The Morgan fingerprint density at radius 3 is 2.55 bits per heavy atom. The van der Waals surface area contributed by atoms with Gasteiger partial charge < -0.3 is 19.9 Å². The van der Waals surface area contributed by atoms with Crippen LogP contribution in [-0.2, 0) is 11.3 Å². The first-order valence-electron chi connectivity index (χ1n) is 10.4. The SMILES string of the molecule is COC(CNC(=O)N1CCN(Cc2nc3ccccc3c(=O)[nH]2)CC1)c1ccccc1. The van der Waals surface area contributed by atoms with Crippen molar-refractivity contribution in [3.63, 3.8) is 0 Å². The van der Waals surface area contributed by atoms with Gasteiger partial charge in [0.2, 0.25) is 0 Å². The van der Waals surface area contributed by atoms with Crippen molar-refractivity contribution >= 4 is 16.9 Å². The van der Waals surface area contributed by atoms with Crippen molar-refractivity contribution in [2.45, 2.75) is 12.6 Å². The number of piperazine rings is 1. The van der Waals surface area contributed by atoms with Gasteiger partial charge in [-0.3, -0.25) is 9.69 Å². The van der Waals surface area contributed by atoms with Crippen LogP contribution >= 0.6 is 0 Å². The van der Waals surface area contributed by atoms with Crippen LogP contribution < -0.4 is 10.9 Å². The Balaban J connectivity index is 1.28. The largest absolute Gasteiger partial charge is 0.375 e. The maximum atomic E-state index is 12.6. The lowest BCUT2D eigenvalue weighted by Crippen LogP contribution is -2.52. The second kappa shape index (κ2) is 9.72. The first-order valence-corrected chi connectivity index (χ1v) is 10.4. The van der Waals surface area contributed by atoms with Gasteiger partial charge in [0.1, 0.15) is 5.82 Å². The highest BCUT2D eigenvalue weighted by molar-refractivity contribution is 5.77. The maximum Gasteiger partial charge on any atom is 0.317 e. The Bertz CT molecular complexity index is 1080. The van der Waals surface area contributed by atoms with E-state index in [0.29, 0.717) is 42.9 Å². The highest BCUT2D eigenvalue weighted by atomic mass is 16.5. The molecule has 0 spiro atoms. The summed E-state index contributed by atoms with van der Waals surface area (Å²) in [6.07, 6.45) is -0.178. The minimum absolute atomic E-state index is 0.0881. The van der Waals surface area contributed by atoms with Crippen LogP contribution in [0.5, 0.6) is 0 Å². The van der Waals surface area contributed by atoms with Gasteiger partial charge in [0.15, 0.2) is 0 Å². The summed E-state index contributed by atoms with van der Waals surface area (Å²) in [4.78, 5) is 36.3. The average Bonchev–Trinajstić information content (AvgIpc) is 2.80. The molecule has 2 aromatic carbocycles. The van der Waals surface area contributed by atoms with Crippen molar-refractivity contribution < 1.29 is 9.53 Å². The Morgan fingerprint density at radius 1 is 1.10 bits per heavy atom. The Hall–Kier alpha value is -3.23. The molecule has 1 aromatic heterocycles. The van der Waals surface area contributed by atoms with E-state index in [1.807, 2.05) is 53.4 Å². The van der Waals surface area contributed by atoms with Crippen LogP contribution in [0.25, 0.3) is 10.9 Å². The van der Waals surface area contributed by atoms with E-state index in [4.69, 9.17) is 4.74 Å². The summed E-state index contributed by atoms with van der Waals surface area (Å²) >= 11 is 0. The smallest absolute Gasteiger partial charge is 0.317 e. The van der Waals surface area contributed by atoms with E-state index in [2.05, 4.69) is 20.2 Å². The molecule has 1 unspecified atom stereocenters. The van der Waals surface area contributed by atoms with Crippen molar-refractivity contribution in [2.24, 2.45) is 0 Å². The number of aromatic nitrogens is 2. The summed E-state index contributed by atoms with van der Waals surface area (Å²) in [5.74, 6) is 0.646. The summed E-state index contributed by atoms with van der Waals surface area (Å²) in [6.45, 7) is 3.64. The molecule has 8 nitrogen and oxygen atoms in total. The number of amides is 2. The minimum Gasteiger partial charge on any atom is -0.375 e. The van der Waals surface area contributed by atoms with Gasteiger partial charge in [0, 0.05) is 39.8 Å². The van der Waals surface area contributed by atoms with Gasteiger partial charge in [-0.05, 0) is 17.7 Å². The van der Waals surface area contributed by atoms with E-state index < -0.39 is 0 Å². The number of carbonyl (C=O) groups excluding carboxylic acids is 1. The Morgan fingerprint density at radius 2 is 1.81 bits per heavy atom. The molecule has 1 saturated heterocycles. The number of H-pyrrole nitrogens is 1. The third-order valence-corrected chi connectivity index (χ3v) is 5.59. The molecule has 1 fully saturated rings. The molecular weight excluding hydrogens is 394 g/mol. The zero-order valence-corrected chi connectivity index (χ0v) is 17.6. The Kier molecular flexibility index (Phi) is 6.59. The predicted octanol–water partition coefficient (Wildman–Crippen LogP) is 2.14. The van der Waals surface area contributed by atoms with Crippen molar-refractivity contribution in [3.05, 3.63) is 76.3 Å². The quantitative estimate of drug-likeness (QED) is 0.636. The number of ether oxygens (including phenoxy) is 1. The van der Waals surface area contributed by atoms with Crippen molar-refractivity contribution in [1.82, 2.24) is 25.1 Å². The lowest BCUT2D eigenvalue weighted by molar-refractivity contribution is 0.0969. The zero-order valence-electron chi connectivity index (χ0n) is 17.6. The average molecular weight is 422 g/mol. The number of fused-ring (bicyclic) bond motifs is 1. The number of nitrogens with zero attached hydrogens (tertiary/aromatic N) is 3. The number of aromatic amines is 1. The molecule has 2 amide bonds. The molecule has 1 aliphatic rings. The molecule has 162 valence electrons. The molecule has 4 rings (SSSR count). The van der Waals surface area contributed by atoms with Gasteiger partial charge in [-0.1, -0.05) is 42.5 Å². The molecular formula is C23H27N5O3. The van der Waals surface area contributed by atoms with E-state index in [1.54, 1.807) is 13.2 Å². The molecule has 1 atom stereocenters. The maximum absolute atomic E-state index is 12.6. The van der Waals surface area contributed by atoms with E-state index >= 15 is 0 Å². The van der Waals surface area contributed by atoms with Crippen LogP contribution in [0.15, 0.2) is 59.4 Å². The zero-order chi connectivity index (χ0) is 21.6. The van der Waals surface area contributed by atoms with Gasteiger partial charge in [-0.25, -0.2) is 9.78 Å². The lowest BCUT2D eigenvalue weighted by Gasteiger charge is -2.34. The molecule has 0 bridgehead atoms. The molecule has 0 radical (unpaired) electrons.